The Morgan fingerprint density at radius 3 is 2.47 bits per heavy atom. The molecule has 3 heterocycles. The molecule has 2 bridgehead atoms. The van der Waals surface area contributed by atoms with E-state index in [1.807, 2.05) is 0 Å². The summed E-state index contributed by atoms with van der Waals surface area (Å²) in [5, 5.41) is 19.5. The molecule has 2 fully saturated rings. The fourth-order valence-electron chi connectivity index (χ4n) is 6.00. The predicted octanol–water partition coefficient (Wildman–Crippen LogP) is 3.63. The van der Waals surface area contributed by atoms with Crippen LogP contribution >= 0.6 is 0 Å². The molecule has 3 aliphatic rings. The summed E-state index contributed by atoms with van der Waals surface area (Å²) in [4.78, 5) is 9.23. The van der Waals surface area contributed by atoms with Crippen LogP contribution in [0.3, 0.4) is 0 Å². The molecule has 2 aromatic heterocycles. The number of nitrogens with zero attached hydrogens (tertiary/aromatic N) is 4. The minimum Gasteiger partial charge on any atom is -0.379 e. The van der Waals surface area contributed by atoms with Gasteiger partial charge in [0.2, 0.25) is 0 Å². The Morgan fingerprint density at radius 2 is 1.78 bits per heavy atom. The number of hydrogen-bond acceptors (Lipinski definition) is 6. The van der Waals surface area contributed by atoms with Gasteiger partial charge in [0.05, 0.1) is 53.2 Å². The van der Waals surface area contributed by atoms with Crippen molar-refractivity contribution in [3.63, 3.8) is 0 Å². The molecule has 32 heavy (non-hydrogen) atoms. The molecule has 2 aliphatic carbocycles. The lowest BCUT2D eigenvalue weighted by Gasteiger charge is -2.39. The minimum atomic E-state index is -1.12. The molecule has 0 unspecified atom stereocenters. The number of fused-ring (bicyclic) bond motifs is 5. The van der Waals surface area contributed by atoms with Crippen LogP contribution in [0.2, 0.25) is 0 Å². The standard InChI is InChI=1S/C24H22F2N4O2/c1-22(2)14-6-7-24(22,19-10-27-9-18(28-19)23(31)11-32-12-23)21-13(14)8-17(29-30-21)20-15(25)4-3-5-16(20)26/h3-5,8-10,14,31H,6-7,11-12H2,1-2H3/t14-,24-/m0/s1. The number of rotatable bonds is 3. The van der Waals surface area contributed by atoms with Crippen molar-refractivity contribution in [2.75, 3.05) is 13.2 Å². The highest BCUT2D eigenvalue weighted by Crippen LogP contribution is 2.69. The van der Waals surface area contributed by atoms with Gasteiger partial charge in [-0.15, -0.1) is 5.10 Å². The lowest BCUT2D eigenvalue weighted by molar-refractivity contribution is -0.187. The Hall–Kier alpha value is -2.84. The first kappa shape index (κ1) is 19.8. The highest BCUT2D eigenvalue weighted by molar-refractivity contribution is 5.64. The summed E-state index contributed by atoms with van der Waals surface area (Å²) in [6.45, 7) is 4.73. The van der Waals surface area contributed by atoms with Crippen LogP contribution in [-0.4, -0.2) is 38.5 Å². The van der Waals surface area contributed by atoms with Gasteiger partial charge in [-0.2, -0.15) is 5.10 Å². The van der Waals surface area contributed by atoms with Gasteiger partial charge in [0.1, 0.15) is 11.6 Å². The van der Waals surface area contributed by atoms with Gasteiger partial charge >= 0.3 is 0 Å². The van der Waals surface area contributed by atoms with Crippen molar-refractivity contribution in [3.05, 3.63) is 70.9 Å². The van der Waals surface area contributed by atoms with E-state index < -0.39 is 22.7 Å². The van der Waals surface area contributed by atoms with E-state index >= 15 is 0 Å². The van der Waals surface area contributed by atoms with Crippen LogP contribution in [0.25, 0.3) is 11.3 Å². The van der Waals surface area contributed by atoms with Gasteiger partial charge in [-0.05, 0) is 47.9 Å². The summed E-state index contributed by atoms with van der Waals surface area (Å²) in [6.07, 6.45) is 5.02. The summed E-state index contributed by atoms with van der Waals surface area (Å²) in [7, 11) is 0. The van der Waals surface area contributed by atoms with Crippen molar-refractivity contribution in [1.82, 2.24) is 20.2 Å². The van der Waals surface area contributed by atoms with Crippen LogP contribution in [-0.2, 0) is 15.8 Å². The number of halogens is 2. The summed E-state index contributed by atoms with van der Waals surface area (Å²) in [5.41, 5.74) is 1.06. The van der Waals surface area contributed by atoms with E-state index in [9.17, 15) is 13.9 Å². The van der Waals surface area contributed by atoms with Crippen LogP contribution in [0.15, 0.2) is 36.7 Å². The van der Waals surface area contributed by atoms with Gasteiger partial charge in [0.15, 0.2) is 5.60 Å². The summed E-state index contributed by atoms with van der Waals surface area (Å²) < 4.78 is 34.0. The molecule has 6 nitrogen and oxygen atoms in total. The van der Waals surface area contributed by atoms with Crippen molar-refractivity contribution in [2.24, 2.45) is 5.41 Å². The van der Waals surface area contributed by atoms with E-state index in [0.29, 0.717) is 5.69 Å². The molecule has 0 spiro atoms. The van der Waals surface area contributed by atoms with E-state index in [1.165, 1.54) is 18.2 Å². The fraction of sp³-hybridized carbons (Fsp3) is 0.417. The molecule has 164 valence electrons. The quantitative estimate of drug-likeness (QED) is 0.675. The molecule has 0 amide bonds. The highest BCUT2D eigenvalue weighted by Gasteiger charge is 2.65. The maximum absolute atomic E-state index is 14.4. The van der Waals surface area contributed by atoms with Gasteiger partial charge in [0.25, 0.3) is 0 Å². The zero-order valence-electron chi connectivity index (χ0n) is 17.8. The van der Waals surface area contributed by atoms with Crippen LogP contribution in [0.5, 0.6) is 0 Å². The third-order valence-corrected chi connectivity index (χ3v) is 7.83. The Kier molecular flexibility index (Phi) is 3.94. The molecule has 1 N–H and O–H groups in total. The van der Waals surface area contributed by atoms with Gasteiger partial charge < -0.3 is 9.84 Å². The smallest absolute Gasteiger partial charge is 0.154 e. The Morgan fingerprint density at radius 1 is 1.06 bits per heavy atom. The lowest BCUT2D eigenvalue weighted by atomic mass is 9.66. The molecule has 0 radical (unpaired) electrons. The van der Waals surface area contributed by atoms with E-state index in [4.69, 9.17) is 9.72 Å². The summed E-state index contributed by atoms with van der Waals surface area (Å²) >= 11 is 0. The molecule has 1 saturated carbocycles. The van der Waals surface area contributed by atoms with Gasteiger partial charge in [-0.3, -0.25) is 9.97 Å². The number of aliphatic hydroxyl groups is 1. The lowest BCUT2D eigenvalue weighted by Crippen LogP contribution is -2.48. The monoisotopic (exact) mass is 436 g/mol. The Labute approximate surface area is 183 Å². The Balaban J connectivity index is 1.52. The topological polar surface area (TPSA) is 81.0 Å². The molecular formula is C24H22F2N4O2. The van der Waals surface area contributed by atoms with Gasteiger partial charge in [-0.1, -0.05) is 19.9 Å². The fourth-order valence-corrected chi connectivity index (χ4v) is 6.00. The second-order valence-corrected chi connectivity index (χ2v) is 9.66. The van der Waals surface area contributed by atoms with E-state index in [0.717, 1.165) is 29.8 Å². The first-order valence-electron chi connectivity index (χ1n) is 10.7. The first-order chi connectivity index (χ1) is 15.3. The molecule has 8 heteroatoms. The van der Waals surface area contributed by atoms with Crippen LogP contribution < -0.4 is 0 Å². The largest absolute Gasteiger partial charge is 0.379 e. The van der Waals surface area contributed by atoms with Gasteiger partial charge in [0, 0.05) is 6.20 Å². The molecule has 1 aromatic carbocycles. The maximum Gasteiger partial charge on any atom is 0.154 e. The Bertz CT molecular complexity index is 1240. The average Bonchev–Trinajstić information content (AvgIpc) is 3.13. The molecule has 3 aromatic rings. The predicted molar refractivity (Wildman–Crippen MR) is 111 cm³/mol. The minimum absolute atomic E-state index is 0.141. The molecular weight excluding hydrogens is 414 g/mol. The van der Waals surface area contributed by atoms with Gasteiger partial charge in [-0.25, -0.2) is 8.78 Å². The third kappa shape index (κ3) is 2.34. The van der Waals surface area contributed by atoms with Crippen molar-refractivity contribution < 1.29 is 18.6 Å². The number of benzene rings is 1. The van der Waals surface area contributed by atoms with Crippen LogP contribution in [0, 0.1) is 17.0 Å². The first-order valence-corrected chi connectivity index (χ1v) is 10.7. The van der Waals surface area contributed by atoms with E-state index in [2.05, 4.69) is 29.0 Å². The van der Waals surface area contributed by atoms with Crippen molar-refractivity contribution >= 4 is 0 Å². The number of aromatic nitrogens is 4. The second kappa shape index (κ2) is 6.36. The SMILES string of the molecule is CC1(C)[C@H]2CC[C@]1(c1cncc(C3(O)COC3)n1)c1nnc(-c3c(F)cccc3F)cc12. The van der Waals surface area contributed by atoms with Crippen molar-refractivity contribution in [2.45, 2.75) is 43.6 Å². The molecule has 1 aliphatic heterocycles. The zero-order chi connectivity index (χ0) is 22.3. The zero-order valence-corrected chi connectivity index (χ0v) is 17.8. The maximum atomic E-state index is 14.4. The summed E-state index contributed by atoms with van der Waals surface area (Å²) in [6, 6.07) is 5.56. The molecule has 2 atom stereocenters. The van der Waals surface area contributed by atoms with E-state index in [-0.39, 0.29) is 35.8 Å². The second-order valence-electron chi connectivity index (χ2n) is 9.66. The van der Waals surface area contributed by atoms with Crippen LogP contribution in [0.4, 0.5) is 8.78 Å². The normalized spacial score (nSPS) is 26.6. The molecule has 1 saturated heterocycles. The highest BCUT2D eigenvalue weighted by atomic mass is 19.1. The van der Waals surface area contributed by atoms with Crippen LogP contribution in [0.1, 0.15) is 55.3 Å². The molecule has 6 rings (SSSR count). The number of ether oxygens (including phenoxy) is 1. The average molecular weight is 436 g/mol. The summed E-state index contributed by atoms with van der Waals surface area (Å²) in [5.74, 6) is -1.18. The van der Waals surface area contributed by atoms with Crippen molar-refractivity contribution in [1.29, 1.82) is 0 Å². The third-order valence-electron chi connectivity index (χ3n) is 7.83. The van der Waals surface area contributed by atoms with E-state index in [1.54, 1.807) is 18.5 Å². The van der Waals surface area contributed by atoms with Crippen molar-refractivity contribution in [3.8, 4) is 11.3 Å². The number of hydrogen-bond donors (Lipinski definition) is 1.